The van der Waals surface area contributed by atoms with Crippen molar-refractivity contribution in [2.24, 2.45) is 5.92 Å². The molecule has 0 amide bonds. The summed E-state index contributed by atoms with van der Waals surface area (Å²) in [7, 11) is 0. The van der Waals surface area contributed by atoms with Crippen molar-refractivity contribution in [3.8, 4) is 22.5 Å². The molecular weight excluding hydrogens is 462 g/mol. The van der Waals surface area contributed by atoms with Gasteiger partial charge in [-0.2, -0.15) is 10.3 Å². The average Bonchev–Trinajstić information content (AvgIpc) is 3.56. The molecule has 37 heavy (non-hydrogen) atoms. The fourth-order valence-corrected chi connectivity index (χ4v) is 4.45. The molecule has 0 aliphatic rings. The highest BCUT2D eigenvalue weighted by molar-refractivity contribution is 5.80. The molecule has 0 unspecified atom stereocenters. The van der Waals surface area contributed by atoms with Crippen LogP contribution < -0.4 is 5.69 Å². The summed E-state index contributed by atoms with van der Waals surface area (Å²) in [4.78, 5) is 13.4. The van der Waals surface area contributed by atoms with Crippen LogP contribution in [0.1, 0.15) is 37.2 Å². The van der Waals surface area contributed by atoms with Gasteiger partial charge in [0.1, 0.15) is 5.82 Å². The van der Waals surface area contributed by atoms with Gasteiger partial charge >= 0.3 is 5.69 Å². The highest BCUT2D eigenvalue weighted by Gasteiger charge is 2.15. The van der Waals surface area contributed by atoms with Crippen molar-refractivity contribution >= 4 is 0 Å². The lowest BCUT2D eigenvalue weighted by molar-refractivity contribution is 0.553. The molecule has 2 aromatic heterocycles. The topological polar surface area (TPSA) is 94.3 Å². The fourth-order valence-electron chi connectivity index (χ4n) is 4.45. The molecule has 0 spiro atoms. The summed E-state index contributed by atoms with van der Waals surface area (Å²) in [6, 6.07) is 26.5. The molecule has 0 aliphatic heterocycles. The van der Waals surface area contributed by atoms with Crippen LogP contribution in [0.4, 0.5) is 0 Å². The first-order valence-electron chi connectivity index (χ1n) is 12.7. The number of hydrogen-bond acceptors (Lipinski definition) is 5. The molecule has 5 aromatic rings. The van der Waals surface area contributed by atoms with E-state index in [1.165, 1.54) is 5.56 Å². The van der Waals surface area contributed by atoms with E-state index in [1.54, 1.807) is 4.68 Å². The molecule has 0 aliphatic carbocycles. The van der Waals surface area contributed by atoms with E-state index in [9.17, 15) is 4.79 Å². The molecule has 0 atom stereocenters. The monoisotopic (exact) mass is 493 g/mol. The molecule has 8 nitrogen and oxygen atoms in total. The lowest BCUT2D eigenvalue weighted by atomic mass is 9.98. The number of aromatic nitrogens is 7. The molecule has 1 N–H and O–H groups in total. The SMILES string of the molecule is CC(C)CCc1nn(CCc2ccccc2)c(=O)n1Cc1ccc(-c2ccccc2-c2nn[nH]n2)cc1. The van der Waals surface area contributed by atoms with Crippen LogP contribution in [0, 0.1) is 5.92 Å². The van der Waals surface area contributed by atoms with E-state index in [4.69, 9.17) is 5.10 Å². The molecule has 2 heterocycles. The molecular formula is C29H31N7O. The average molecular weight is 494 g/mol. The second-order valence-corrected chi connectivity index (χ2v) is 9.65. The Balaban J connectivity index is 1.39. The van der Waals surface area contributed by atoms with Gasteiger partial charge in [0.2, 0.25) is 5.82 Å². The van der Waals surface area contributed by atoms with Crippen LogP contribution in [0.3, 0.4) is 0 Å². The molecule has 0 fully saturated rings. The summed E-state index contributed by atoms with van der Waals surface area (Å²) in [6.07, 6.45) is 2.54. The summed E-state index contributed by atoms with van der Waals surface area (Å²) in [5, 5.41) is 19.2. The molecule has 0 saturated heterocycles. The van der Waals surface area contributed by atoms with Gasteiger partial charge in [-0.05, 0) is 46.2 Å². The van der Waals surface area contributed by atoms with Gasteiger partial charge in [0.15, 0.2) is 0 Å². The van der Waals surface area contributed by atoms with E-state index >= 15 is 0 Å². The van der Waals surface area contributed by atoms with E-state index in [0.717, 1.165) is 47.3 Å². The number of nitrogens with one attached hydrogen (secondary N) is 1. The Bertz CT molecular complexity index is 1480. The molecule has 0 bridgehead atoms. The zero-order valence-electron chi connectivity index (χ0n) is 21.2. The van der Waals surface area contributed by atoms with Crippen LogP contribution in [-0.2, 0) is 25.9 Å². The van der Waals surface area contributed by atoms with Crippen molar-refractivity contribution in [2.45, 2.75) is 46.2 Å². The Morgan fingerprint density at radius 1 is 0.838 bits per heavy atom. The van der Waals surface area contributed by atoms with Crippen LogP contribution in [0.5, 0.6) is 0 Å². The Kier molecular flexibility index (Phi) is 7.35. The highest BCUT2D eigenvalue weighted by atomic mass is 16.2. The first kappa shape index (κ1) is 24.4. The van der Waals surface area contributed by atoms with Crippen molar-refractivity contribution in [2.75, 3.05) is 0 Å². The van der Waals surface area contributed by atoms with Crippen molar-refractivity contribution in [3.05, 3.63) is 106 Å². The number of aromatic amines is 1. The predicted octanol–water partition coefficient (Wildman–Crippen LogP) is 4.77. The second-order valence-electron chi connectivity index (χ2n) is 9.65. The van der Waals surface area contributed by atoms with Crippen molar-refractivity contribution < 1.29 is 0 Å². The number of aryl methyl sites for hydroxylation is 3. The minimum absolute atomic E-state index is 0.0544. The number of nitrogens with zero attached hydrogens (tertiary/aromatic N) is 6. The Morgan fingerprint density at radius 3 is 2.27 bits per heavy atom. The summed E-state index contributed by atoms with van der Waals surface area (Å²) in [5.74, 6) is 1.94. The highest BCUT2D eigenvalue weighted by Crippen LogP contribution is 2.29. The van der Waals surface area contributed by atoms with Gasteiger partial charge in [-0.3, -0.25) is 4.57 Å². The number of tetrazole rings is 1. The zero-order chi connectivity index (χ0) is 25.6. The Morgan fingerprint density at radius 2 is 1.57 bits per heavy atom. The first-order chi connectivity index (χ1) is 18.1. The predicted molar refractivity (Wildman–Crippen MR) is 144 cm³/mol. The largest absolute Gasteiger partial charge is 0.346 e. The van der Waals surface area contributed by atoms with Gasteiger partial charge in [0.05, 0.1) is 13.1 Å². The van der Waals surface area contributed by atoms with Crippen molar-refractivity contribution in [1.29, 1.82) is 0 Å². The standard InChI is InChI=1S/C29H31N7O/c1-21(2)12-17-27-32-36(19-18-22-8-4-3-5-9-22)29(37)35(27)20-23-13-15-24(16-14-23)25-10-6-7-11-26(25)28-30-33-34-31-28/h3-11,13-16,21H,12,17-20H2,1-2H3,(H,30,31,33,34). The van der Waals surface area contributed by atoms with Crippen LogP contribution in [-0.4, -0.2) is 35.0 Å². The number of rotatable bonds is 10. The minimum atomic E-state index is -0.0544. The lowest BCUT2D eigenvalue weighted by Crippen LogP contribution is -2.26. The Labute approximate surface area is 216 Å². The third-order valence-corrected chi connectivity index (χ3v) is 6.52. The second kappa shape index (κ2) is 11.2. The zero-order valence-corrected chi connectivity index (χ0v) is 21.2. The summed E-state index contributed by atoms with van der Waals surface area (Å²) in [6.45, 7) is 5.45. The summed E-state index contributed by atoms with van der Waals surface area (Å²) in [5.41, 5.74) is 5.19. The summed E-state index contributed by atoms with van der Waals surface area (Å²) < 4.78 is 3.45. The molecule has 0 radical (unpaired) electrons. The Hall–Kier alpha value is -4.33. The number of hydrogen-bond donors (Lipinski definition) is 1. The molecule has 0 saturated carbocycles. The molecule has 8 heteroatoms. The maximum atomic E-state index is 13.4. The van der Waals surface area contributed by atoms with Crippen molar-refractivity contribution in [1.82, 2.24) is 35.0 Å². The van der Waals surface area contributed by atoms with E-state index < -0.39 is 0 Å². The quantitative estimate of drug-likeness (QED) is 0.302. The third kappa shape index (κ3) is 5.74. The van der Waals surface area contributed by atoms with Gasteiger partial charge in [0.25, 0.3) is 0 Å². The fraction of sp³-hybridized carbons (Fsp3) is 0.276. The van der Waals surface area contributed by atoms with Crippen LogP contribution in [0.15, 0.2) is 83.7 Å². The summed E-state index contributed by atoms with van der Waals surface area (Å²) >= 11 is 0. The van der Waals surface area contributed by atoms with Gasteiger partial charge in [-0.25, -0.2) is 9.48 Å². The maximum Gasteiger partial charge on any atom is 0.346 e. The number of H-pyrrole nitrogens is 1. The van der Waals surface area contributed by atoms with Crippen LogP contribution >= 0.6 is 0 Å². The van der Waals surface area contributed by atoms with Crippen molar-refractivity contribution in [3.63, 3.8) is 0 Å². The molecule has 3 aromatic carbocycles. The van der Waals surface area contributed by atoms with E-state index in [0.29, 0.717) is 24.8 Å². The molecule has 5 rings (SSSR count). The van der Waals surface area contributed by atoms with Gasteiger partial charge < -0.3 is 0 Å². The van der Waals surface area contributed by atoms with E-state index in [-0.39, 0.29) is 5.69 Å². The molecule has 188 valence electrons. The lowest BCUT2D eigenvalue weighted by Gasteiger charge is -2.10. The maximum absolute atomic E-state index is 13.4. The number of benzene rings is 3. The van der Waals surface area contributed by atoms with E-state index in [1.807, 2.05) is 47.0 Å². The van der Waals surface area contributed by atoms with Crippen LogP contribution in [0.2, 0.25) is 0 Å². The normalized spacial score (nSPS) is 11.3. The first-order valence-corrected chi connectivity index (χ1v) is 12.7. The van der Waals surface area contributed by atoms with Crippen LogP contribution in [0.25, 0.3) is 22.5 Å². The third-order valence-electron chi connectivity index (χ3n) is 6.52. The van der Waals surface area contributed by atoms with E-state index in [2.05, 4.69) is 70.9 Å². The van der Waals surface area contributed by atoms with Gasteiger partial charge in [-0.15, -0.1) is 10.2 Å². The van der Waals surface area contributed by atoms with Gasteiger partial charge in [-0.1, -0.05) is 92.7 Å². The van der Waals surface area contributed by atoms with Gasteiger partial charge in [0, 0.05) is 12.0 Å². The minimum Gasteiger partial charge on any atom is -0.274 e. The smallest absolute Gasteiger partial charge is 0.274 e.